The minimum Gasteiger partial charge on any atom is -0.350 e. The van der Waals surface area contributed by atoms with Crippen LogP contribution in [0.4, 0.5) is 13.2 Å². The Bertz CT molecular complexity index is 795. The third-order valence-electron chi connectivity index (χ3n) is 4.89. The van der Waals surface area contributed by atoms with Crippen LogP contribution < -0.4 is 5.32 Å². The van der Waals surface area contributed by atoms with Crippen LogP contribution in [0.25, 0.3) is 10.2 Å². The molecule has 0 radical (unpaired) electrons. The SMILES string of the molecule is Cc1c(C(=O)NCCN2CCC(C)CC2)sc2nc(C(F)(F)F)ccc12. The van der Waals surface area contributed by atoms with Gasteiger partial charge in [-0.2, -0.15) is 13.2 Å². The molecule has 0 bridgehead atoms. The zero-order valence-corrected chi connectivity index (χ0v) is 15.6. The number of rotatable bonds is 4. The lowest BCUT2D eigenvalue weighted by Crippen LogP contribution is -2.39. The summed E-state index contributed by atoms with van der Waals surface area (Å²) < 4.78 is 38.4. The summed E-state index contributed by atoms with van der Waals surface area (Å²) in [6, 6.07) is 2.35. The monoisotopic (exact) mass is 385 g/mol. The number of piperidine rings is 1. The lowest BCUT2D eigenvalue weighted by molar-refractivity contribution is -0.140. The number of carbonyl (C=O) groups is 1. The Balaban J connectivity index is 1.65. The highest BCUT2D eigenvalue weighted by Gasteiger charge is 2.33. The zero-order valence-electron chi connectivity index (χ0n) is 14.8. The van der Waals surface area contributed by atoms with Crippen molar-refractivity contribution in [3.8, 4) is 0 Å². The van der Waals surface area contributed by atoms with E-state index in [-0.39, 0.29) is 10.7 Å². The average Bonchev–Trinajstić information content (AvgIpc) is 2.92. The van der Waals surface area contributed by atoms with Gasteiger partial charge in [0.25, 0.3) is 5.91 Å². The van der Waals surface area contributed by atoms with Crippen LogP contribution in [0.1, 0.15) is 40.7 Å². The molecule has 0 aromatic carbocycles. The Kier molecular flexibility index (Phi) is 5.53. The van der Waals surface area contributed by atoms with E-state index in [1.54, 1.807) is 6.92 Å². The van der Waals surface area contributed by atoms with Gasteiger partial charge in [0, 0.05) is 18.5 Å². The number of hydrogen-bond acceptors (Lipinski definition) is 4. The van der Waals surface area contributed by atoms with Crippen molar-refractivity contribution < 1.29 is 18.0 Å². The average molecular weight is 385 g/mol. The number of fused-ring (bicyclic) bond motifs is 1. The molecule has 3 rings (SSSR count). The molecular weight excluding hydrogens is 363 g/mol. The van der Waals surface area contributed by atoms with Crippen LogP contribution in [-0.4, -0.2) is 42.0 Å². The van der Waals surface area contributed by atoms with Crippen LogP contribution in [0.2, 0.25) is 0 Å². The molecule has 1 amide bonds. The van der Waals surface area contributed by atoms with Crippen molar-refractivity contribution in [3.63, 3.8) is 0 Å². The maximum atomic E-state index is 12.8. The van der Waals surface area contributed by atoms with Gasteiger partial charge in [0.1, 0.15) is 10.5 Å². The van der Waals surface area contributed by atoms with Gasteiger partial charge in [0.15, 0.2) is 0 Å². The molecule has 1 fully saturated rings. The molecule has 2 aromatic heterocycles. The molecule has 1 N–H and O–H groups in total. The van der Waals surface area contributed by atoms with Crippen molar-refractivity contribution in [1.29, 1.82) is 0 Å². The van der Waals surface area contributed by atoms with Gasteiger partial charge in [0.05, 0.1) is 4.88 Å². The minimum absolute atomic E-state index is 0.243. The second-order valence-corrected chi connectivity index (χ2v) is 7.88. The number of likely N-dealkylation sites (tertiary alicyclic amines) is 1. The molecule has 3 heterocycles. The van der Waals surface area contributed by atoms with E-state index in [1.165, 1.54) is 18.9 Å². The molecule has 0 spiro atoms. The van der Waals surface area contributed by atoms with E-state index in [9.17, 15) is 18.0 Å². The first-order valence-electron chi connectivity index (χ1n) is 8.73. The van der Waals surface area contributed by atoms with E-state index >= 15 is 0 Å². The Labute approximate surface area is 154 Å². The van der Waals surface area contributed by atoms with E-state index in [4.69, 9.17) is 0 Å². The number of amides is 1. The predicted molar refractivity (Wildman–Crippen MR) is 96.5 cm³/mol. The molecule has 26 heavy (non-hydrogen) atoms. The Morgan fingerprint density at radius 3 is 2.69 bits per heavy atom. The summed E-state index contributed by atoms with van der Waals surface area (Å²) in [7, 11) is 0. The maximum Gasteiger partial charge on any atom is 0.433 e. The van der Waals surface area contributed by atoms with Gasteiger partial charge in [-0.3, -0.25) is 4.79 Å². The number of aromatic nitrogens is 1. The lowest BCUT2D eigenvalue weighted by atomic mass is 9.99. The van der Waals surface area contributed by atoms with Crippen LogP contribution in [0.5, 0.6) is 0 Å². The third-order valence-corrected chi connectivity index (χ3v) is 6.09. The van der Waals surface area contributed by atoms with Crippen molar-refractivity contribution >= 4 is 27.5 Å². The fourth-order valence-electron chi connectivity index (χ4n) is 3.17. The van der Waals surface area contributed by atoms with Crippen LogP contribution >= 0.6 is 11.3 Å². The smallest absolute Gasteiger partial charge is 0.350 e. The largest absolute Gasteiger partial charge is 0.433 e. The number of aryl methyl sites for hydroxylation is 1. The van der Waals surface area contributed by atoms with Crippen LogP contribution in [0.3, 0.4) is 0 Å². The van der Waals surface area contributed by atoms with Crippen molar-refractivity contribution in [3.05, 3.63) is 28.3 Å². The minimum atomic E-state index is -4.49. The van der Waals surface area contributed by atoms with Gasteiger partial charge in [-0.15, -0.1) is 11.3 Å². The fraction of sp³-hybridized carbons (Fsp3) is 0.556. The summed E-state index contributed by atoms with van der Waals surface area (Å²) in [5.74, 6) is 0.514. The first-order chi connectivity index (χ1) is 12.3. The van der Waals surface area contributed by atoms with Gasteiger partial charge in [-0.25, -0.2) is 4.98 Å². The Morgan fingerprint density at radius 2 is 2.04 bits per heavy atom. The van der Waals surface area contributed by atoms with E-state index in [2.05, 4.69) is 22.1 Å². The van der Waals surface area contributed by atoms with Crippen molar-refractivity contribution in [2.24, 2.45) is 5.92 Å². The summed E-state index contributed by atoms with van der Waals surface area (Å²) in [5, 5.41) is 3.48. The normalized spacial score (nSPS) is 17.0. The Hall–Kier alpha value is -1.67. The van der Waals surface area contributed by atoms with E-state index in [1.807, 2.05) is 0 Å². The maximum absolute atomic E-state index is 12.8. The highest BCUT2D eigenvalue weighted by molar-refractivity contribution is 7.20. The van der Waals surface area contributed by atoms with Gasteiger partial charge < -0.3 is 10.2 Å². The summed E-state index contributed by atoms with van der Waals surface area (Å²) in [6.45, 7) is 7.41. The fourth-order valence-corrected chi connectivity index (χ4v) is 4.26. The molecule has 0 aliphatic carbocycles. The van der Waals surface area contributed by atoms with E-state index in [0.717, 1.165) is 43.0 Å². The van der Waals surface area contributed by atoms with Crippen LogP contribution in [0, 0.1) is 12.8 Å². The van der Waals surface area contributed by atoms with Crippen molar-refractivity contribution in [1.82, 2.24) is 15.2 Å². The topological polar surface area (TPSA) is 45.2 Å². The quantitative estimate of drug-likeness (QED) is 0.862. The second-order valence-electron chi connectivity index (χ2n) is 6.88. The summed E-state index contributed by atoms with van der Waals surface area (Å²) >= 11 is 1.01. The summed E-state index contributed by atoms with van der Waals surface area (Å²) in [4.78, 5) is 19.1. The van der Waals surface area contributed by atoms with Gasteiger partial charge >= 0.3 is 6.18 Å². The number of nitrogens with zero attached hydrogens (tertiary/aromatic N) is 2. The molecule has 142 valence electrons. The number of halogens is 3. The molecular formula is C18H22F3N3OS. The number of nitrogens with one attached hydrogen (secondary N) is 1. The van der Waals surface area contributed by atoms with Gasteiger partial charge in [-0.05, 0) is 56.5 Å². The van der Waals surface area contributed by atoms with Crippen molar-refractivity contribution in [2.45, 2.75) is 32.9 Å². The lowest BCUT2D eigenvalue weighted by Gasteiger charge is -2.30. The molecule has 0 unspecified atom stereocenters. The highest BCUT2D eigenvalue weighted by Crippen LogP contribution is 2.34. The first kappa shape index (κ1) is 19.1. The van der Waals surface area contributed by atoms with Crippen LogP contribution in [-0.2, 0) is 6.18 Å². The second kappa shape index (κ2) is 7.52. The third kappa shape index (κ3) is 4.17. The van der Waals surface area contributed by atoms with E-state index < -0.39 is 11.9 Å². The number of thiophene rings is 1. The molecule has 4 nitrogen and oxygen atoms in total. The molecule has 1 saturated heterocycles. The predicted octanol–water partition coefficient (Wildman–Crippen LogP) is 4.09. The highest BCUT2D eigenvalue weighted by atomic mass is 32.1. The number of pyridine rings is 1. The standard InChI is InChI=1S/C18H22F3N3OS/c1-11-5-8-24(9-6-11)10-7-22-16(25)15-12(2)13-3-4-14(18(19,20)21)23-17(13)26-15/h3-4,11H,5-10H2,1-2H3,(H,22,25). The van der Waals surface area contributed by atoms with Gasteiger partial charge in [-0.1, -0.05) is 6.92 Å². The van der Waals surface area contributed by atoms with Crippen molar-refractivity contribution in [2.75, 3.05) is 26.2 Å². The van der Waals surface area contributed by atoms with E-state index in [0.29, 0.717) is 22.4 Å². The number of hydrogen-bond donors (Lipinski definition) is 1. The number of carbonyl (C=O) groups excluding carboxylic acids is 1. The Morgan fingerprint density at radius 1 is 1.35 bits per heavy atom. The van der Waals surface area contributed by atoms with Gasteiger partial charge in [0.2, 0.25) is 0 Å². The molecule has 1 aliphatic heterocycles. The summed E-state index contributed by atoms with van der Waals surface area (Å²) in [6.07, 6.45) is -2.13. The molecule has 2 aromatic rings. The molecule has 0 saturated carbocycles. The number of alkyl halides is 3. The summed E-state index contributed by atoms with van der Waals surface area (Å²) in [5.41, 5.74) is -0.256. The van der Waals surface area contributed by atoms with Crippen LogP contribution in [0.15, 0.2) is 12.1 Å². The molecule has 1 aliphatic rings. The zero-order chi connectivity index (χ0) is 18.9. The molecule has 8 heteroatoms. The first-order valence-corrected chi connectivity index (χ1v) is 9.55. The molecule has 0 atom stereocenters.